The lowest BCUT2D eigenvalue weighted by Crippen LogP contribution is -2.30. The summed E-state index contributed by atoms with van der Waals surface area (Å²) < 4.78 is 26.8. The smallest absolute Gasteiger partial charge is 0.335 e. The number of nitrogens with two attached hydrogens (primary N) is 1. The molecule has 1 fully saturated rings. The van der Waals surface area contributed by atoms with Gasteiger partial charge in [-0.3, -0.25) is 0 Å². The van der Waals surface area contributed by atoms with Crippen LogP contribution in [0.3, 0.4) is 0 Å². The predicted molar refractivity (Wildman–Crippen MR) is 77.0 cm³/mol. The van der Waals surface area contributed by atoms with Crippen LogP contribution >= 0.6 is 15.9 Å². The van der Waals surface area contributed by atoms with Crippen LogP contribution in [0.1, 0.15) is 16.8 Å². The molecule has 0 aliphatic carbocycles. The highest BCUT2D eigenvalue weighted by molar-refractivity contribution is 9.10. The van der Waals surface area contributed by atoms with Gasteiger partial charge in [-0.1, -0.05) is 0 Å². The first-order chi connectivity index (χ1) is 9.36. The maximum Gasteiger partial charge on any atom is 0.335 e. The lowest BCUT2D eigenvalue weighted by Gasteiger charge is -2.17. The third-order valence-corrected chi connectivity index (χ3v) is 6.24. The number of carbonyl (C=O) groups is 1. The normalized spacial score (nSPS) is 20.2. The minimum absolute atomic E-state index is 0.0185. The summed E-state index contributed by atoms with van der Waals surface area (Å²) in [6.07, 6.45) is 0.728. The number of aromatic carboxylic acids is 1. The summed E-state index contributed by atoms with van der Waals surface area (Å²) >= 11 is 3.17. The summed E-state index contributed by atoms with van der Waals surface area (Å²) in [5.41, 5.74) is 5.51. The third-order valence-electron chi connectivity index (χ3n) is 3.38. The van der Waals surface area contributed by atoms with Crippen molar-refractivity contribution in [3.05, 3.63) is 28.2 Å². The average Bonchev–Trinajstić information content (AvgIpc) is 2.88. The lowest BCUT2D eigenvalue weighted by molar-refractivity contribution is 0.0696. The van der Waals surface area contributed by atoms with Gasteiger partial charge in [-0.05, 0) is 53.0 Å². The zero-order valence-electron chi connectivity index (χ0n) is 10.6. The van der Waals surface area contributed by atoms with E-state index in [4.69, 9.17) is 10.8 Å². The summed E-state index contributed by atoms with van der Waals surface area (Å²) in [5.74, 6) is -0.999. The van der Waals surface area contributed by atoms with Crippen molar-refractivity contribution in [3.63, 3.8) is 0 Å². The van der Waals surface area contributed by atoms with Gasteiger partial charge in [0.25, 0.3) is 0 Å². The number of benzene rings is 1. The zero-order chi connectivity index (χ0) is 14.9. The molecule has 3 N–H and O–H groups in total. The lowest BCUT2D eigenvalue weighted by atomic mass is 10.1. The van der Waals surface area contributed by atoms with Crippen LogP contribution in [0.5, 0.6) is 0 Å². The average molecular weight is 363 g/mol. The van der Waals surface area contributed by atoms with Gasteiger partial charge in [-0.2, -0.15) is 4.31 Å². The SMILES string of the molecule is NCC1CCN(S(=O)(=O)c2cc(C(=O)O)ccc2Br)C1. The molecule has 0 aromatic heterocycles. The molecule has 1 saturated heterocycles. The van der Waals surface area contributed by atoms with Crippen molar-refractivity contribution < 1.29 is 18.3 Å². The van der Waals surface area contributed by atoms with Crippen LogP contribution in [0, 0.1) is 5.92 Å². The Morgan fingerprint density at radius 1 is 1.50 bits per heavy atom. The number of rotatable bonds is 4. The van der Waals surface area contributed by atoms with Gasteiger partial charge in [0.05, 0.1) is 10.5 Å². The molecular formula is C12H15BrN2O4S. The number of carboxylic acids is 1. The Labute approximate surface area is 125 Å². The second kappa shape index (κ2) is 5.80. The number of sulfonamides is 1. The van der Waals surface area contributed by atoms with Gasteiger partial charge in [0.2, 0.25) is 10.0 Å². The van der Waals surface area contributed by atoms with Crippen LogP contribution in [-0.2, 0) is 10.0 Å². The molecule has 20 heavy (non-hydrogen) atoms. The molecule has 6 nitrogen and oxygen atoms in total. The molecule has 1 aromatic carbocycles. The minimum Gasteiger partial charge on any atom is -0.478 e. The van der Waals surface area contributed by atoms with Crippen molar-refractivity contribution in [2.45, 2.75) is 11.3 Å². The first kappa shape index (κ1) is 15.4. The van der Waals surface area contributed by atoms with E-state index in [0.717, 1.165) is 6.42 Å². The third kappa shape index (κ3) is 2.88. The maximum absolute atomic E-state index is 12.6. The van der Waals surface area contributed by atoms with Crippen LogP contribution in [0.25, 0.3) is 0 Å². The van der Waals surface area contributed by atoms with E-state index in [1.807, 2.05) is 0 Å². The van der Waals surface area contributed by atoms with Gasteiger partial charge in [-0.15, -0.1) is 0 Å². The van der Waals surface area contributed by atoms with E-state index >= 15 is 0 Å². The van der Waals surface area contributed by atoms with E-state index < -0.39 is 16.0 Å². The van der Waals surface area contributed by atoms with E-state index in [2.05, 4.69) is 15.9 Å². The first-order valence-electron chi connectivity index (χ1n) is 6.09. The molecular weight excluding hydrogens is 348 g/mol. The molecule has 1 unspecified atom stereocenters. The van der Waals surface area contributed by atoms with E-state index in [0.29, 0.717) is 24.1 Å². The van der Waals surface area contributed by atoms with Crippen LogP contribution in [0.2, 0.25) is 0 Å². The van der Waals surface area contributed by atoms with Crippen LogP contribution in [0.4, 0.5) is 0 Å². The largest absolute Gasteiger partial charge is 0.478 e. The standard InChI is InChI=1S/C12H15BrN2O4S/c13-10-2-1-9(12(16)17)5-11(10)20(18,19)15-4-3-8(6-14)7-15/h1-2,5,8H,3-4,6-7,14H2,(H,16,17). The molecule has 0 bridgehead atoms. The summed E-state index contributed by atoms with van der Waals surface area (Å²) in [5, 5.41) is 8.97. The zero-order valence-corrected chi connectivity index (χ0v) is 13.0. The van der Waals surface area contributed by atoms with Gasteiger partial charge < -0.3 is 10.8 Å². The van der Waals surface area contributed by atoms with Gasteiger partial charge in [0.1, 0.15) is 0 Å². The Balaban J connectivity index is 2.39. The van der Waals surface area contributed by atoms with E-state index in [-0.39, 0.29) is 16.4 Å². The molecule has 0 spiro atoms. The Kier molecular flexibility index (Phi) is 4.48. The number of hydrogen-bond donors (Lipinski definition) is 2. The monoisotopic (exact) mass is 362 g/mol. The van der Waals surface area contributed by atoms with E-state index in [1.54, 1.807) is 0 Å². The second-order valence-electron chi connectivity index (χ2n) is 4.70. The van der Waals surface area contributed by atoms with Crippen molar-refractivity contribution in [2.75, 3.05) is 19.6 Å². The summed E-state index contributed by atoms with van der Waals surface area (Å²) in [6, 6.07) is 3.97. The first-order valence-corrected chi connectivity index (χ1v) is 8.32. The van der Waals surface area contributed by atoms with Crippen LogP contribution in [0.15, 0.2) is 27.6 Å². The molecule has 1 aliphatic rings. The van der Waals surface area contributed by atoms with Crippen molar-refractivity contribution >= 4 is 31.9 Å². The number of nitrogens with zero attached hydrogens (tertiary/aromatic N) is 1. The molecule has 2 rings (SSSR count). The van der Waals surface area contributed by atoms with E-state index in [1.165, 1.54) is 22.5 Å². The fraction of sp³-hybridized carbons (Fsp3) is 0.417. The second-order valence-corrected chi connectivity index (χ2v) is 7.46. The Morgan fingerprint density at radius 2 is 2.20 bits per heavy atom. The molecule has 1 heterocycles. The molecule has 0 amide bonds. The molecule has 0 radical (unpaired) electrons. The fourth-order valence-electron chi connectivity index (χ4n) is 2.18. The van der Waals surface area contributed by atoms with Crippen LogP contribution < -0.4 is 5.73 Å². The number of hydrogen-bond acceptors (Lipinski definition) is 4. The molecule has 1 atom stereocenters. The molecule has 8 heteroatoms. The quantitative estimate of drug-likeness (QED) is 0.835. The molecule has 0 saturated carbocycles. The summed E-state index contributed by atoms with van der Waals surface area (Å²) in [7, 11) is -3.70. The Hall–Kier alpha value is -0.960. The van der Waals surface area contributed by atoms with Gasteiger partial charge in [0, 0.05) is 17.6 Å². The molecule has 1 aliphatic heterocycles. The highest BCUT2D eigenvalue weighted by Gasteiger charge is 2.33. The van der Waals surface area contributed by atoms with E-state index in [9.17, 15) is 13.2 Å². The summed E-state index contributed by atoms with van der Waals surface area (Å²) in [6.45, 7) is 1.23. The topological polar surface area (TPSA) is 101 Å². The van der Waals surface area contributed by atoms with Gasteiger partial charge in [-0.25, -0.2) is 13.2 Å². The maximum atomic E-state index is 12.6. The van der Waals surface area contributed by atoms with Crippen LogP contribution in [-0.4, -0.2) is 43.4 Å². The molecule has 110 valence electrons. The fourth-order valence-corrected chi connectivity index (χ4v) is 4.66. The van der Waals surface area contributed by atoms with Crippen molar-refractivity contribution in [1.29, 1.82) is 0 Å². The number of halogens is 1. The van der Waals surface area contributed by atoms with Crippen molar-refractivity contribution in [1.82, 2.24) is 4.31 Å². The van der Waals surface area contributed by atoms with Crippen molar-refractivity contribution in [3.8, 4) is 0 Å². The Bertz CT molecular complexity index is 632. The highest BCUT2D eigenvalue weighted by atomic mass is 79.9. The highest BCUT2D eigenvalue weighted by Crippen LogP contribution is 2.29. The minimum atomic E-state index is -3.70. The van der Waals surface area contributed by atoms with Gasteiger partial charge in [0.15, 0.2) is 0 Å². The van der Waals surface area contributed by atoms with Crippen molar-refractivity contribution in [2.24, 2.45) is 11.7 Å². The van der Waals surface area contributed by atoms with Gasteiger partial charge >= 0.3 is 5.97 Å². The number of carboxylic acid groups (broad SMARTS) is 1. The molecule has 1 aromatic rings. The predicted octanol–water partition coefficient (Wildman–Crippen LogP) is 1.12. The summed E-state index contributed by atoms with van der Waals surface area (Å²) in [4.78, 5) is 11.0. The Morgan fingerprint density at radius 3 is 2.75 bits per heavy atom.